The average molecular weight is 369 g/mol. The average Bonchev–Trinajstić information content (AvgIpc) is 2.69. The van der Waals surface area contributed by atoms with E-state index in [0.717, 1.165) is 43.7 Å². The quantitative estimate of drug-likeness (QED) is 0.848. The van der Waals surface area contributed by atoms with E-state index in [0.29, 0.717) is 18.0 Å². The van der Waals surface area contributed by atoms with Gasteiger partial charge in [-0.2, -0.15) is 0 Å². The van der Waals surface area contributed by atoms with Crippen molar-refractivity contribution in [2.24, 2.45) is 0 Å². The molecular weight excluding hydrogens is 341 g/mol. The minimum Gasteiger partial charge on any atom is -0.371 e. The summed E-state index contributed by atoms with van der Waals surface area (Å²) in [7, 11) is 3.53. The van der Waals surface area contributed by atoms with Gasteiger partial charge in [0.05, 0.1) is 0 Å². The van der Waals surface area contributed by atoms with Crippen LogP contribution >= 0.6 is 0 Å². The van der Waals surface area contributed by atoms with Crippen LogP contribution in [0, 0.1) is 5.82 Å². The Kier molecular flexibility index (Phi) is 6.45. The van der Waals surface area contributed by atoms with Gasteiger partial charge >= 0.3 is 0 Å². The lowest BCUT2D eigenvalue weighted by atomic mass is 10.0. The van der Waals surface area contributed by atoms with Crippen LogP contribution in [-0.4, -0.2) is 50.6 Å². The van der Waals surface area contributed by atoms with Crippen molar-refractivity contribution >= 4 is 11.6 Å². The number of piperidine rings is 1. The molecule has 2 aromatic rings. The summed E-state index contributed by atoms with van der Waals surface area (Å²) in [5.41, 5.74) is 2.65. The molecule has 1 aliphatic heterocycles. The van der Waals surface area contributed by atoms with E-state index in [-0.39, 0.29) is 11.7 Å². The second-order valence-electron chi connectivity index (χ2n) is 7.30. The highest BCUT2D eigenvalue weighted by atomic mass is 19.1. The van der Waals surface area contributed by atoms with E-state index in [1.165, 1.54) is 6.07 Å². The Morgan fingerprint density at radius 3 is 2.41 bits per heavy atom. The van der Waals surface area contributed by atoms with Crippen molar-refractivity contribution in [3.8, 4) is 0 Å². The fourth-order valence-corrected chi connectivity index (χ4v) is 3.53. The monoisotopic (exact) mass is 369 g/mol. The number of carbonyl (C=O) groups excluding carboxylic acids is 1. The molecule has 0 aromatic heterocycles. The minimum absolute atomic E-state index is 0.0271. The molecule has 1 saturated heterocycles. The molecule has 0 atom stereocenters. The number of hydrogen-bond donors (Lipinski definition) is 1. The van der Waals surface area contributed by atoms with Crippen LogP contribution in [0.5, 0.6) is 0 Å². The molecule has 4 nitrogen and oxygen atoms in total. The van der Waals surface area contributed by atoms with Crippen LogP contribution in [0.3, 0.4) is 0 Å². The largest absolute Gasteiger partial charge is 0.371 e. The van der Waals surface area contributed by atoms with Gasteiger partial charge in [-0.25, -0.2) is 4.39 Å². The first-order valence-corrected chi connectivity index (χ1v) is 9.58. The summed E-state index contributed by atoms with van der Waals surface area (Å²) in [6, 6.07) is 15.3. The van der Waals surface area contributed by atoms with E-state index in [1.54, 1.807) is 25.1 Å². The molecule has 27 heavy (non-hydrogen) atoms. The Morgan fingerprint density at radius 1 is 1.11 bits per heavy atom. The summed E-state index contributed by atoms with van der Waals surface area (Å²) in [6.45, 7) is 2.77. The molecule has 2 aromatic carbocycles. The number of nitrogens with zero attached hydrogens (tertiary/aromatic N) is 2. The molecule has 144 valence electrons. The normalized spacial score (nSPS) is 15.0. The van der Waals surface area contributed by atoms with Gasteiger partial charge in [-0.1, -0.05) is 18.2 Å². The van der Waals surface area contributed by atoms with Crippen molar-refractivity contribution in [1.82, 2.24) is 10.2 Å². The SMILES string of the molecule is CN(C)C(=O)c1ccc(N2CCC(NCCc3ccccc3F)CC2)cc1. The molecule has 1 N–H and O–H groups in total. The number of nitrogens with one attached hydrogen (secondary N) is 1. The van der Waals surface area contributed by atoms with E-state index >= 15 is 0 Å². The van der Waals surface area contributed by atoms with E-state index in [1.807, 2.05) is 36.4 Å². The first-order valence-electron chi connectivity index (χ1n) is 9.58. The summed E-state index contributed by atoms with van der Waals surface area (Å²) in [5, 5.41) is 3.56. The van der Waals surface area contributed by atoms with Crippen LogP contribution in [-0.2, 0) is 6.42 Å². The van der Waals surface area contributed by atoms with Crippen molar-refractivity contribution in [2.45, 2.75) is 25.3 Å². The fourth-order valence-electron chi connectivity index (χ4n) is 3.53. The topological polar surface area (TPSA) is 35.6 Å². The lowest BCUT2D eigenvalue weighted by Gasteiger charge is -2.34. The third kappa shape index (κ3) is 5.07. The molecule has 0 radical (unpaired) electrons. The number of hydrogen-bond acceptors (Lipinski definition) is 3. The van der Waals surface area contributed by atoms with Crippen LogP contribution in [0.25, 0.3) is 0 Å². The van der Waals surface area contributed by atoms with Gasteiger partial charge in [-0.05, 0) is 61.7 Å². The Labute approximate surface area is 161 Å². The molecular formula is C22H28FN3O. The van der Waals surface area contributed by atoms with Crippen molar-refractivity contribution in [3.63, 3.8) is 0 Å². The lowest BCUT2D eigenvalue weighted by molar-refractivity contribution is 0.0827. The molecule has 1 aliphatic rings. The number of halogens is 1. The Bertz CT molecular complexity index is 752. The first kappa shape index (κ1) is 19.4. The van der Waals surface area contributed by atoms with Crippen molar-refractivity contribution in [2.75, 3.05) is 38.6 Å². The molecule has 1 amide bonds. The van der Waals surface area contributed by atoms with Gasteiger partial charge in [0.15, 0.2) is 0 Å². The molecule has 1 heterocycles. The van der Waals surface area contributed by atoms with Gasteiger partial charge in [0.1, 0.15) is 5.82 Å². The molecule has 0 unspecified atom stereocenters. The summed E-state index contributed by atoms with van der Waals surface area (Å²) in [5.74, 6) is -0.0929. The van der Waals surface area contributed by atoms with Crippen LogP contribution in [0.15, 0.2) is 48.5 Å². The number of carbonyl (C=O) groups is 1. The molecule has 3 rings (SSSR count). The predicted molar refractivity (Wildman–Crippen MR) is 108 cm³/mol. The molecule has 1 fully saturated rings. The summed E-state index contributed by atoms with van der Waals surface area (Å²) in [4.78, 5) is 15.9. The zero-order valence-electron chi connectivity index (χ0n) is 16.1. The maximum Gasteiger partial charge on any atom is 0.253 e. The number of benzene rings is 2. The van der Waals surface area contributed by atoms with Gasteiger partial charge in [0.25, 0.3) is 5.91 Å². The zero-order chi connectivity index (χ0) is 19.2. The minimum atomic E-state index is -0.120. The van der Waals surface area contributed by atoms with Crippen LogP contribution in [0.2, 0.25) is 0 Å². The Balaban J connectivity index is 1.45. The van der Waals surface area contributed by atoms with Gasteiger partial charge in [0.2, 0.25) is 0 Å². The predicted octanol–water partition coefficient (Wildman–Crippen LogP) is 3.33. The van der Waals surface area contributed by atoms with E-state index in [4.69, 9.17) is 0 Å². The van der Waals surface area contributed by atoms with Crippen molar-refractivity contribution < 1.29 is 9.18 Å². The Hall–Kier alpha value is -2.40. The maximum atomic E-state index is 13.7. The highest BCUT2D eigenvalue weighted by molar-refractivity contribution is 5.94. The van der Waals surface area contributed by atoms with Crippen LogP contribution < -0.4 is 10.2 Å². The number of rotatable bonds is 6. The molecule has 0 saturated carbocycles. The smallest absolute Gasteiger partial charge is 0.253 e. The number of amides is 1. The van der Waals surface area contributed by atoms with E-state index < -0.39 is 0 Å². The third-order valence-electron chi connectivity index (χ3n) is 5.17. The summed E-state index contributed by atoms with van der Waals surface area (Å²) < 4.78 is 13.7. The highest BCUT2D eigenvalue weighted by Crippen LogP contribution is 2.21. The van der Waals surface area contributed by atoms with Gasteiger partial charge in [-0.15, -0.1) is 0 Å². The van der Waals surface area contributed by atoms with E-state index in [2.05, 4.69) is 10.2 Å². The standard InChI is InChI=1S/C22H28FN3O/c1-25(2)22(27)18-7-9-20(10-8-18)26-15-12-19(13-16-26)24-14-11-17-5-3-4-6-21(17)23/h3-10,19,24H,11-16H2,1-2H3. The first-order chi connectivity index (χ1) is 13.0. The molecule has 0 spiro atoms. The lowest BCUT2D eigenvalue weighted by Crippen LogP contribution is -2.43. The maximum absolute atomic E-state index is 13.7. The van der Waals surface area contributed by atoms with Crippen molar-refractivity contribution in [1.29, 1.82) is 0 Å². The highest BCUT2D eigenvalue weighted by Gasteiger charge is 2.19. The molecule has 0 aliphatic carbocycles. The van der Waals surface area contributed by atoms with Crippen LogP contribution in [0.4, 0.5) is 10.1 Å². The Morgan fingerprint density at radius 2 is 1.78 bits per heavy atom. The second-order valence-corrected chi connectivity index (χ2v) is 7.30. The van der Waals surface area contributed by atoms with Gasteiger partial charge in [-0.3, -0.25) is 4.79 Å². The van der Waals surface area contributed by atoms with E-state index in [9.17, 15) is 9.18 Å². The van der Waals surface area contributed by atoms with Crippen LogP contribution in [0.1, 0.15) is 28.8 Å². The third-order valence-corrected chi connectivity index (χ3v) is 5.17. The van der Waals surface area contributed by atoms with Crippen molar-refractivity contribution in [3.05, 3.63) is 65.5 Å². The van der Waals surface area contributed by atoms with Gasteiger partial charge < -0.3 is 15.1 Å². The number of anilines is 1. The molecule has 5 heteroatoms. The zero-order valence-corrected chi connectivity index (χ0v) is 16.1. The van der Waals surface area contributed by atoms with Gasteiger partial charge in [0, 0.05) is 44.5 Å². The molecule has 0 bridgehead atoms. The second kappa shape index (κ2) is 9.00. The summed E-state index contributed by atoms with van der Waals surface area (Å²) in [6.07, 6.45) is 2.85. The fraction of sp³-hybridized carbons (Fsp3) is 0.409. The summed E-state index contributed by atoms with van der Waals surface area (Å²) >= 11 is 0.